The van der Waals surface area contributed by atoms with Gasteiger partial charge in [0.1, 0.15) is 0 Å². The highest BCUT2D eigenvalue weighted by atomic mass is 32.1. The van der Waals surface area contributed by atoms with Gasteiger partial charge in [0.15, 0.2) is 0 Å². The van der Waals surface area contributed by atoms with E-state index in [9.17, 15) is 9.59 Å². The van der Waals surface area contributed by atoms with Gasteiger partial charge in [-0.3, -0.25) is 9.59 Å². The number of carbonyl (C=O) groups is 2. The van der Waals surface area contributed by atoms with Crippen molar-refractivity contribution in [3.63, 3.8) is 0 Å². The highest BCUT2D eigenvalue weighted by molar-refractivity contribution is 7.71. The minimum absolute atomic E-state index is 0.0107. The first-order valence-electron chi connectivity index (χ1n) is 4.72. The molecular formula is C10H5N3O3S. The number of aromatic amines is 1. The SMILES string of the molecule is O=C1c2ccccc2C(=O)N1c1n[nH]c(=S)o1. The normalized spacial score (nSPS) is 14.2. The molecule has 0 saturated carbocycles. The molecular weight excluding hydrogens is 242 g/mol. The second-order valence-electron chi connectivity index (χ2n) is 3.39. The molecule has 1 aromatic heterocycles. The van der Waals surface area contributed by atoms with Crippen LogP contribution in [-0.4, -0.2) is 22.0 Å². The minimum Gasteiger partial charge on any atom is -0.395 e. The van der Waals surface area contributed by atoms with Gasteiger partial charge in [-0.05, 0) is 24.4 Å². The Morgan fingerprint density at radius 1 is 1.18 bits per heavy atom. The van der Waals surface area contributed by atoms with E-state index in [1.807, 2.05) is 0 Å². The molecule has 17 heavy (non-hydrogen) atoms. The number of aromatic nitrogens is 2. The summed E-state index contributed by atoms with van der Waals surface area (Å²) in [5.74, 6) is -0.924. The molecule has 2 heterocycles. The number of rotatable bonds is 1. The van der Waals surface area contributed by atoms with Gasteiger partial charge in [0.05, 0.1) is 11.1 Å². The molecule has 0 radical (unpaired) electrons. The Hall–Kier alpha value is -2.28. The molecule has 1 aliphatic rings. The Balaban J connectivity index is 2.15. The number of benzene rings is 1. The van der Waals surface area contributed by atoms with Crippen molar-refractivity contribution in [2.45, 2.75) is 0 Å². The van der Waals surface area contributed by atoms with E-state index < -0.39 is 11.8 Å². The van der Waals surface area contributed by atoms with E-state index in [-0.39, 0.29) is 10.9 Å². The fourth-order valence-electron chi connectivity index (χ4n) is 1.68. The topological polar surface area (TPSA) is 79.2 Å². The summed E-state index contributed by atoms with van der Waals surface area (Å²) in [4.78, 5) is 24.8. The molecule has 0 bridgehead atoms. The van der Waals surface area contributed by atoms with Crippen LogP contribution in [0, 0.1) is 4.84 Å². The quantitative estimate of drug-likeness (QED) is 0.610. The number of carbonyl (C=O) groups excluding carboxylic acids is 2. The van der Waals surface area contributed by atoms with Crippen molar-refractivity contribution in [1.82, 2.24) is 10.2 Å². The zero-order valence-corrected chi connectivity index (χ0v) is 9.15. The highest BCUT2D eigenvalue weighted by Gasteiger charge is 2.39. The van der Waals surface area contributed by atoms with Crippen molar-refractivity contribution in [2.24, 2.45) is 0 Å². The molecule has 1 aliphatic heterocycles. The second-order valence-corrected chi connectivity index (χ2v) is 3.76. The van der Waals surface area contributed by atoms with Crippen LogP contribution in [0.3, 0.4) is 0 Å². The Morgan fingerprint density at radius 3 is 2.24 bits per heavy atom. The largest absolute Gasteiger partial charge is 0.395 e. The second kappa shape index (κ2) is 3.36. The molecule has 3 rings (SSSR count). The molecule has 84 valence electrons. The third kappa shape index (κ3) is 1.32. The number of nitrogens with one attached hydrogen (secondary N) is 1. The van der Waals surface area contributed by atoms with Crippen molar-refractivity contribution in [3.05, 3.63) is 40.2 Å². The van der Waals surface area contributed by atoms with Crippen LogP contribution in [0.15, 0.2) is 28.7 Å². The first-order valence-corrected chi connectivity index (χ1v) is 5.12. The predicted octanol–water partition coefficient (Wildman–Crippen LogP) is 1.53. The van der Waals surface area contributed by atoms with E-state index in [1.54, 1.807) is 24.3 Å². The first-order chi connectivity index (χ1) is 8.18. The number of hydrogen-bond acceptors (Lipinski definition) is 5. The fraction of sp³-hybridized carbons (Fsp3) is 0. The fourth-order valence-corrected chi connectivity index (χ4v) is 1.80. The average Bonchev–Trinajstić information content (AvgIpc) is 2.84. The molecule has 0 spiro atoms. The lowest BCUT2D eigenvalue weighted by atomic mass is 10.1. The van der Waals surface area contributed by atoms with Crippen molar-refractivity contribution in [2.75, 3.05) is 4.90 Å². The van der Waals surface area contributed by atoms with Crippen molar-refractivity contribution < 1.29 is 14.0 Å². The maximum absolute atomic E-state index is 12.0. The molecule has 1 N–H and O–H groups in total. The number of imide groups is 1. The monoisotopic (exact) mass is 247 g/mol. The number of fused-ring (bicyclic) bond motifs is 1. The van der Waals surface area contributed by atoms with Crippen LogP contribution in [0.5, 0.6) is 0 Å². The lowest BCUT2D eigenvalue weighted by Gasteiger charge is -2.05. The van der Waals surface area contributed by atoms with Gasteiger partial charge in [-0.25, -0.2) is 5.10 Å². The summed E-state index contributed by atoms with van der Waals surface area (Å²) in [5, 5.41) is 6.04. The Morgan fingerprint density at radius 2 is 1.76 bits per heavy atom. The number of nitrogens with zero attached hydrogens (tertiary/aromatic N) is 2. The Bertz CT molecular complexity index is 653. The van der Waals surface area contributed by atoms with Gasteiger partial charge in [0.2, 0.25) is 0 Å². The van der Waals surface area contributed by atoms with Gasteiger partial charge >= 0.3 is 6.01 Å². The minimum atomic E-state index is -0.462. The van der Waals surface area contributed by atoms with Gasteiger partial charge in [0, 0.05) is 0 Å². The molecule has 0 unspecified atom stereocenters. The summed E-state index contributed by atoms with van der Waals surface area (Å²) < 4.78 is 4.97. The number of anilines is 1. The summed E-state index contributed by atoms with van der Waals surface area (Å²) in [6, 6.07) is 6.40. The van der Waals surface area contributed by atoms with Gasteiger partial charge in [-0.2, -0.15) is 4.90 Å². The lowest BCUT2D eigenvalue weighted by molar-refractivity contribution is 0.0918. The summed E-state index contributed by atoms with van der Waals surface area (Å²) >= 11 is 4.70. The van der Waals surface area contributed by atoms with Gasteiger partial charge in [-0.1, -0.05) is 12.1 Å². The number of hydrogen-bond donors (Lipinski definition) is 1. The maximum atomic E-state index is 12.0. The third-order valence-corrected chi connectivity index (χ3v) is 2.59. The standard InChI is InChI=1S/C10H5N3O3S/c14-7-5-3-1-2-4-6(5)8(15)13(7)9-11-12-10(17)16-9/h1-4H,(H,12,17). The molecule has 2 amide bonds. The van der Waals surface area contributed by atoms with E-state index in [1.165, 1.54) is 0 Å². The smallest absolute Gasteiger partial charge is 0.331 e. The van der Waals surface area contributed by atoms with E-state index in [2.05, 4.69) is 10.2 Å². The highest BCUT2D eigenvalue weighted by Crippen LogP contribution is 2.26. The molecule has 0 aliphatic carbocycles. The Kier molecular flexibility index (Phi) is 1.96. The first kappa shape index (κ1) is 9.91. The summed E-state index contributed by atoms with van der Waals surface area (Å²) in [5.41, 5.74) is 0.670. The van der Waals surface area contributed by atoms with Crippen molar-refractivity contribution in [3.8, 4) is 0 Å². The molecule has 0 saturated heterocycles. The number of H-pyrrole nitrogens is 1. The van der Waals surface area contributed by atoms with Gasteiger partial charge in [-0.15, -0.1) is 5.10 Å². The maximum Gasteiger partial charge on any atom is 0.331 e. The Labute approximate surface area is 99.9 Å². The van der Waals surface area contributed by atoms with Crippen LogP contribution in [0.25, 0.3) is 0 Å². The van der Waals surface area contributed by atoms with Gasteiger partial charge in [0.25, 0.3) is 16.7 Å². The molecule has 0 atom stereocenters. The summed E-state index contributed by atoms with van der Waals surface area (Å²) in [6.07, 6.45) is 0. The van der Waals surface area contributed by atoms with E-state index in [4.69, 9.17) is 16.6 Å². The van der Waals surface area contributed by atoms with Crippen molar-refractivity contribution >= 4 is 30.0 Å². The molecule has 6 nitrogen and oxygen atoms in total. The van der Waals surface area contributed by atoms with Crippen LogP contribution >= 0.6 is 12.2 Å². The van der Waals surface area contributed by atoms with E-state index in [0.717, 1.165) is 4.90 Å². The molecule has 7 heteroatoms. The predicted molar refractivity (Wildman–Crippen MR) is 59.3 cm³/mol. The number of amides is 2. The molecule has 2 aromatic rings. The zero-order valence-electron chi connectivity index (χ0n) is 8.34. The van der Waals surface area contributed by atoms with Crippen LogP contribution in [0.4, 0.5) is 6.01 Å². The van der Waals surface area contributed by atoms with E-state index >= 15 is 0 Å². The summed E-state index contributed by atoms with van der Waals surface area (Å²) in [6.45, 7) is 0. The van der Waals surface area contributed by atoms with Crippen LogP contribution in [0.2, 0.25) is 0 Å². The lowest BCUT2D eigenvalue weighted by Crippen LogP contribution is -2.29. The van der Waals surface area contributed by atoms with Crippen LogP contribution < -0.4 is 4.90 Å². The van der Waals surface area contributed by atoms with Crippen LogP contribution in [0.1, 0.15) is 20.7 Å². The average molecular weight is 247 g/mol. The zero-order chi connectivity index (χ0) is 12.0. The molecule has 1 aromatic carbocycles. The van der Waals surface area contributed by atoms with Gasteiger partial charge < -0.3 is 4.42 Å². The van der Waals surface area contributed by atoms with Crippen molar-refractivity contribution in [1.29, 1.82) is 0 Å². The third-order valence-electron chi connectivity index (χ3n) is 2.41. The van der Waals surface area contributed by atoms with E-state index in [0.29, 0.717) is 11.1 Å². The summed E-state index contributed by atoms with van der Waals surface area (Å²) in [7, 11) is 0. The van der Waals surface area contributed by atoms with Crippen LogP contribution in [-0.2, 0) is 0 Å². The molecule has 0 fully saturated rings.